The minimum Gasteiger partial charge on any atom is -0.0842 e. The SMILES string of the molecule is CC(Br)c1ccc(C(c2ccccc2)(c2ccccc2)c2ccccc2)cc1. The Bertz CT molecular complexity index is 907. The summed E-state index contributed by atoms with van der Waals surface area (Å²) in [7, 11) is 0. The van der Waals surface area contributed by atoms with E-state index < -0.39 is 0 Å². The molecule has 0 bridgehead atoms. The number of alkyl halides is 1. The van der Waals surface area contributed by atoms with E-state index in [-0.39, 0.29) is 5.41 Å². The molecule has 0 radical (unpaired) electrons. The molecule has 0 spiro atoms. The van der Waals surface area contributed by atoms with Gasteiger partial charge in [0, 0.05) is 4.83 Å². The van der Waals surface area contributed by atoms with Crippen LogP contribution in [0.15, 0.2) is 115 Å². The van der Waals surface area contributed by atoms with E-state index >= 15 is 0 Å². The standard InChI is InChI=1S/C27H23Br/c1-21(28)22-17-19-26(20-18-22)27(23-11-5-2-6-12-23,24-13-7-3-8-14-24)25-15-9-4-10-16-25/h2-21H,1H3. The third-order valence-electron chi connectivity index (χ3n) is 5.42. The summed E-state index contributed by atoms with van der Waals surface area (Å²) < 4.78 is 0. The fraction of sp³-hybridized carbons (Fsp3) is 0.111. The van der Waals surface area contributed by atoms with Crippen LogP contribution < -0.4 is 0 Å². The first-order valence-corrected chi connectivity index (χ1v) is 10.6. The normalized spacial score (nSPS) is 12.5. The third kappa shape index (κ3) is 3.31. The highest BCUT2D eigenvalue weighted by molar-refractivity contribution is 9.09. The lowest BCUT2D eigenvalue weighted by Crippen LogP contribution is -2.30. The van der Waals surface area contributed by atoms with Crippen LogP contribution in [-0.2, 0) is 5.41 Å². The van der Waals surface area contributed by atoms with Crippen molar-refractivity contribution in [1.82, 2.24) is 0 Å². The molecule has 0 amide bonds. The first-order valence-electron chi connectivity index (χ1n) is 9.64. The lowest BCUT2D eigenvalue weighted by molar-refractivity contribution is 0.744. The lowest BCUT2D eigenvalue weighted by Gasteiger charge is -2.37. The zero-order chi connectivity index (χ0) is 19.4. The van der Waals surface area contributed by atoms with Crippen molar-refractivity contribution < 1.29 is 0 Å². The Hall–Kier alpha value is -2.64. The molecule has 0 N–H and O–H groups in total. The van der Waals surface area contributed by atoms with Gasteiger partial charge in [-0.25, -0.2) is 0 Å². The van der Waals surface area contributed by atoms with Crippen LogP contribution in [0.3, 0.4) is 0 Å². The van der Waals surface area contributed by atoms with Crippen molar-refractivity contribution in [1.29, 1.82) is 0 Å². The molecule has 0 saturated heterocycles. The zero-order valence-electron chi connectivity index (χ0n) is 15.9. The topological polar surface area (TPSA) is 0 Å². The maximum absolute atomic E-state index is 3.69. The predicted molar refractivity (Wildman–Crippen MR) is 122 cm³/mol. The molecule has 0 aromatic heterocycles. The number of halogens is 1. The van der Waals surface area contributed by atoms with Gasteiger partial charge in [-0.3, -0.25) is 0 Å². The summed E-state index contributed by atoms with van der Waals surface area (Å²) in [6, 6.07) is 41.5. The molecule has 0 aliphatic rings. The molecule has 4 aromatic carbocycles. The number of hydrogen-bond donors (Lipinski definition) is 0. The highest BCUT2D eigenvalue weighted by Crippen LogP contribution is 2.45. The van der Waals surface area contributed by atoms with Gasteiger partial charge in [0.1, 0.15) is 0 Å². The zero-order valence-corrected chi connectivity index (χ0v) is 17.5. The molecule has 0 aliphatic carbocycles. The molecule has 0 nitrogen and oxygen atoms in total. The van der Waals surface area contributed by atoms with Crippen molar-refractivity contribution in [3.63, 3.8) is 0 Å². The molecule has 0 fully saturated rings. The monoisotopic (exact) mass is 426 g/mol. The molecule has 1 heteroatoms. The largest absolute Gasteiger partial charge is 0.0842 e. The van der Waals surface area contributed by atoms with Gasteiger partial charge in [0.2, 0.25) is 0 Å². The lowest BCUT2D eigenvalue weighted by atomic mass is 9.65. The molecule has 28 heavy (non-hydrogen) atoms. The Morgan fingerprint density at radius 2 is 0.821 bits per heavy atom. The number of benzene rings is 4. The van der Waals surface area contributed by atoms with Crippen LogP contribution in [0.5, 0.6) is 0 Å². The molecule has 0 aliphatic heterocycles. The van der Waals surface area contributed by atoms with Crippen molar-refractivity contribution in [3.8, 4) is 0 Å². The van der Waals surface area contributed by atoms with Crippen molar-refractivity contribution in [3.05, 3.63) is 143 Å². The second-order valence-corrected chi connectivity index (χ2v) is 8.46. The van der Waals surface area contributed by atoms with Crippen LogP contribution in [-0.4, -0.2) is 0 Å². The molecule has 1 atom stereocenters. The average Bonchev–Trinajstić information content (AvgIpc) is 2.77. The van der Waals surface area contributed by atoms with E-state index in [1.165, 1.54) is 27.8 Å². The van der Waals surface area contributed by atoms with Crippen molar-refractivity contribution in [2.24, 2.45) is 0 Å². The Labute approximate surface area is 176 Å². The molecule has 4 aromatic rings. The predicted octanol–water partition coefficient (Wildman–Crippen LogP) is 7.53. The van der Waals surface area contributed by atoms with Crippen molar-refractivity contribution in [2.45, 2.75) is 17.2 Å². The van der Waals surface area contributed by atoms with Crippen LogP contribution in [0.25, 0.3) is 0 Å². The smallest absolute Gasteiger partial charge is 0.0701 e. The second-order valence-electron chi connectivity index (χ2n) is 7.09. The van der Waals surface area contributed by atoms with Crippen LogP contribution in [0, 0.1) is 0 Å². The first kappa shape index (κ1) is 18.7. The Kier molecular flexibility index (Phi) is 5.45. The molecule has 0 saturated carbocycles. The molecule has 4 rings (SSSR count). The quantitative estimate of drug-likeness (QED) is 0.228. The van der Waals surface area contributed by atoms with Gasteiger partial charge in [-0.1, -0.05) is 131 Å². The minimum atomic E-state index is -0.363. The summed E-state index contributed by atoms with van der Waals surface area (Å²) in [5.41, 5.74) is 6.00. The fourth-order valence-corrected chi connectivity index (χ4v) is 4.37. The van der Waals surface area contributed by atoms with E-state index in [1.54, 1.807) is 0 Å². The van der Waals surface area contributed by atoms with Crippen LogP contribution in [0.2, 0.25) is 0 Å². The van der Waals surface area contributed by atoms with Gasteiger partial charge < -0.3 is 0 Å². The Morgan fingerprint density at radius 3 is 1.14 bits per heavy atom. The maximum Gasteiger partial charge on any atom is 0.0701 e. The summed E-state index contributed by atoms with van der Waals surface area (Å²) in [6.07, 6.45) is 0. The van der Waals surface area contributed by atoms with Gasteiger partial charge >= 0.3 is 0 Å². The molecular weight excluding hydrogens is 404 g/mol. The summed E-state index contributed by atoms with van der Waals surface area (Å²) >= 11 is 3.69. The van der Waals surface area contributed by atoms with Crippen LogP contribution in [0.1, 0.15) is 39.6 Å². The number of rotatable bonds is 5. The Balaban J connectivity index is 2.07. The average molecular weight is 427 g/mol. The van der Waals surface area contributed by atoms with Crippen LogP contribution >= 0.6 is 15.9 Å². The van der Waals surface area contributed by atoms with Gasteiger partial charge in [0.05, 0.1) is 5.41 Å². The maximum atomic E-state index is 3.69. The molecule has 1 unspecified atom stereocenters. The fourth-order valence-electron chi connectivity index (χ4n) is 4.06. The van der Waals surface area contributed by atoms with Gasteiger partial charge in [-0.2, -0.15) is 0 Å². The van der Waals surface area contributed by atoms with Crippen molar-refractivity contribution in [2.75, 3.05) is 0 Å². The van der Waals surface area contributed by atoms with E-state index in [9.17, 15) is 0 Å². The first-order chi connectivity index (χ1) is 13.7. The highest BCUT2D eigenvalue weighted by Gasteiger charge is 2.38. The number of hydrogen-bond acceptors (Lipinski definition) is 0. The van der Waals surface area contributed by atoms with Gasteiger partial charge in [0.25, 0.3) is 0 Å². The van der Waals surface area contributed by atoms with E-state index in [0.29, 0.717) is 4.83 Å². The highest BCUT2D eigenvalue weighted by atomic mass is 79.9. The summed E-state index contributed by atoms with van der Waals surface area (Å²) in [6.45, 7) is 2.16. The van der Waals surface area contributed by atoms with Gasteiger partial charge in [0.15, 0.2) is 0 Å². The second kappa shape index (κ2) is 8.16. The Morgan fingerprint density at radius 1 is 0.500 bits per heavy atom. The van der Waals surface area contributed by atoms with E-state index in [1.807, 2.05) is 0 Å². The minimum absolute atomic E-state index is 0.334. The third-order valence-corrected chi connectivity index (χ3v) is 5.95. The molecular formula is C27H23Br. The van der Waals surface area contributed by atoms with Crippen LogP contribution in [0.4, 0.5) is 0 Å². The van der Waals surface area contributed by atoms with Gasteiger partial charge in [-0.05, 0) is 34.7 Å². The van der Waals surface area contributed by atoms with Gasteiger partial charge in [-0.15, -0.1) is 0 Å². The summed E-state index contributed by atoms with van der Waals surface area (Å²) in [5.74, 6) is 0. The van der Waals surface area contributed by atoms with E-state index in [0.717, 1.165) is 0 Å². The molecule has 0 heterocycles. The van der Waals surface area contributed by atoms with E-state index in [2.05, 4.69) is 138 Å². The van der Waals surface area contributed by atoms with E-state index in [4.69, 9.17) is 0 Å². The molecule has 138 valence electrons. The summed E-state index contributed by atoms with van der Waals surface area (Å²) in [4.78, 5) is 0.334. The summed E-state index contributed by atoms with van der Waals surface area (Å²) in [5, 5.41) is 0. The van der Waals surface area contributed by atoms with Crippen molar-refractivity contribution >= 4 is 15.9 Å².